The van der Waals surface area contributed by atoms with Crippen LogP contribution in [0.2, 0.25) is 0 Å². The lowest BCUT2D eigenvalue weighted by Gasteiger charge is -2.06. The first-order valence-electron chi connectivity index (χ1n) is 5.75. The normalized spacial score (nSPS) is 10.3. The van der Waals surface area contributed by atoms with Crippen LogP contribution in [0.1, 0.15) is 12.1 Å². The Morgan fingerprint density at radius 1 is 1.17 bits per heavy atom. The molecule has 0 unspecified atom stereocenters. The van der Waals surface area contributed by atoms with Crippen molar-refractivity contribution in [1.29, 1.82) is 0 Å². The van der Waals surface area contributed by atoms with Gasteiger partial charge in [0.25, 0.3) is 0 Å². The molecular weight excluding hydrogens is 234 g/mol. The third-order valence-corrected chi connectivity index (χ3v) is 2.29. The molecule has 1 heterocycles. The third kappa shape index (κ3) is 3.49. The van der Waals surface area contributed by atoms with Crippen molar-refractivity contribution in [3.05, 3.63) is 42.3 Å². The van der Waals surface area contributed by atoms with Gasteiger partial charge in [-0.15, -0.1) is 0 Å². The van der Waals surface area contributed by atoms with Crippen LogP contribution < -0.4 is 9.47 Å². The molecule has 0 spiro atoms. The first kappa shape index (κ1) is 12.4. The zero-order valence-electron chi connectivity index (χ0n) is 9.91. The highest BCUT2D eigenvalue weighted by Crippen LogP contribution is 2.19. The number of rotatable bonds is 7. The van der Waals surface area contributed by atoms with Crippen molar-refractivity contribution >= 4 is 0 Å². The van der Waals surface area contributed by atoms with E-state index in [4.69, 9.17) is 19.1 Å². The largest absolute Gasteiger partial charge is 0.488 e. The van der Waals surface area contributed by atoms with Crippen LogP contribution in [0.25, 0.3) is 0 Å². The summed E-state index contributed by atoms with van der Waals surface area (Å²) >= 11 is 0. The van der Waals surface area contributed by atoms with Crippen LogP contribution in [0.4, 0.5) is 0 Å². The number of hydrogen-bond donors (Lipinski definition) is 1. The second-order valence-corrected chi connectivity index (χ2v) is 3.65. The summed E-state index contributed by atoms with van der Waals surface area (Å²) in [6.07, 6.45) is 2.01. The molecule has 5 nitrogen and oxygen atoms in total. The fraction of sp³-hybridized carbons (Fsp3) is 0.308. The molecule has 1 aromatic heterocycles. The van der Waals surface area contributed by atoms with Gasteiger partial charge in [-0.25, -0.2) is 0 Å². The lowest BCUT2D eigenvalue weighted by molar-refractivity contribution is 0.228. The van der Waals surface area contributed by atoms with Crippen molar-refractivity contribution in [1.82, 2.24) is 5.16 Å². The highest BCUT2D eigenvalue weighted by Gasteiger charge is 2.09. The van der Waals surface area contributed by atoms with E-state index in [9.17, 15) is 0 Å². The number of benzene rings is 1. The van der Waals surface area contributed by atoms with Gasteiger partial charge in [-0.1, -0.05) is 23.4 Å². The number of hydrogen-bond acceptors (Lipinski definition) is 5. The fourth-order valence-corrected chi connectivity index (χ4v) is 1.38. The van der Waals surface area contributed by atoms with Gasteiger partial charge < -0.3 is 19.1 Å². The summed E-state index contributed by atoms with van der Waals surface area (Å²) in [5, 5.41) is 12.5. The molecule has 1 N–H and O–H groups in total. The number of ether oxygens (including phenoxy) is 2. The lowest BCUT2D eigenvalue weighted by atomic mass is 10.3. The number of aliphatic hydroxyl groups is 1. The second-order valence-electron chi connectivity index (χ2n) is 3.65. The molecule has 1 aromatic carbocycles. The van der Waals surface area contributed by atoms with Crippen molar-refractivity contribution in [2.45, 2.75) is 13.0 Å². The predicted octanol–water partition coefficient (Wildman–Crippen LogP) is 2.01. The van der Waals surface area contributed by atoms with E-state index in [0.29, 0.717) is 24.5 Å². The first-order chi connectivity index (χ1) is 8.90. The molecule has 0 saturated carbocycles. The highest BCUT2D eigenvalue weighted by atomic mass is 16.5. The smallest absolute Gasteiger partial charge is 0.185 e. The summed E-state index contributed by atoms with van der Waals surface area (Å²) in [4.78, 5) is 0. The predicted molar refractivity (Wildman–Crippen MR) is 64.5 cm³/mol. The zero-order valence-corrected chi connectivity index (χ0v) is 9.91. The van der Waals surface area contributed by atoms with E-state index in [0.717, 1.165) is 5.75 Å². The number of nitrogens with zero attached hydrogens (tertiary/aromatic N) is 1. The van der Waals surface area contributed by atoms with Gasteiger partial charge in [-0.05, 0) is 12.1 Å². The average molecular weight is 249 g/mol. The summed E-state index contributed by atoms with van der Waals surface area (Å²) < 4.78 is 15.8. The minimum Gasteiger partial charge on any atom is -0.488 e. The van der Waals surface area contributed by atoms with Gasteiger partial charge in [0.15, 0.2) is 17.7 Å². The topological polar surface area (TPSA) is 64.7 Å². The van der Waals surface area contributed by atoms with Gasteiger partial charge >= 0.3 is 0 Å². The van der Waals surface area contributed by atoms with Crippen LogP contribution in [0.5, 0.6) is 11.5 Å². The Hall–Kier alpha value is -2.01. The van der Waals surface area contributed by atoms with E-state index in [1.165, 1.54) is 6.26 Å². The molecule has 96 valence electrons. The van der Waals surface area contributed by atoms with E-state index >= 15 is 0 Å². The molecule has 0 atom stereocenters. The summed E-state index contributed by atoms with van der Waals surface area (Å²) in [5.74, 6) is 1.32. The molecule has 0 saturated heterocycles. The van der Waals surface area contributed by atoms with Crippen LogP contribution in [-0.2, 0) is 6.61 Å². The highest BCUT2D eigenvalue weighted by molar-refractivity contribution is 5.24. The molecule has 0 aliphatic rings. The van der Waals surface area contributed by atoms with Crippen molar-refractivity contribution in [2.75, 3.05) is 13.2 Å². The molecule has 0 radical (unpaired) electrons. The molecule has 2 aromatic rings. The first-order valence-corrected chi connectivity index (χ1v) is 5.75. The fourth-order valence-electron chi connectivity index (χ4n) is 1.38. The van der Waals surface area contributed by atoms with Crippen molar-refractivity contribution in [3.8, 4) is 11.5 Å². The summed E-state index contributed by atoms with van der Waals surface area (Å²) in [6, 6.07) is 9.46. The van der Waals surface area contributed by atoms with Crippen molar-refractivity contribution in [2.24, 2.45) is 0 Å². The van der Waals surface area contributed by atoms with E-state index in [1.807, 2.05) is 30.3 Å². The van der Waals surface area contributed by atoms with E-state index < -0.39 is 0 Å². The van der Waals surface area contributed by atoms with Crippen LogP contribution in [0, 0.1) is 0 Å². The zero-order chi connectivity index (χ0) is 12.6. The quantitative estimate of drug-likeness (QED) is 0.760. The molecule has 0 aliphatic carbocycles. The average Bonchev–Trinajstić information content (AvgIpc) is 2.86. The number of aromatic nitrogens is 1. The Morgan fingerprint density at radius 3 is 2.78 bits per heavy atom. The van der Waals surface area contributed by atoms with Crippen molar-refractivity contribution < 1.29 is 19.1 Å². The van der Waals surface area contributed by atoms with Crippen LogP contribution in [0.15, 0.2) is 41.1 Å². The standard InChI is InChI=1S/C13H15NO4/c15-7-4-8-16-13-10-18-14-12(13)9-17-11-5-2-1-3-6-11/h1-3,5-6,10,15H,4,7-9H2. The maximum absolute atomic E-state index is 8.67. The number of para-hydroxylation sites is 1. The van der Waals surface area contributed by atoms with Crippen molar-refractivity contribution in [3.63, 3.8) is 0 Å². The molecule has 0 amide bonds. The Kier molecular flexibility index (Phi) is 4.60. The van der Waals surface area contributed by atoms with Gasteiger partial charge in [0.2, 0.25) is 0 Å². The number of aliphatic hydroxyl groups excluding tert-OH is 1. The molecule has 0 aliphatic heterocycles. The van der Waals surface area contributed by atoms with E-state index in [2.05, 4.69) is 5.16 Å². The summed E-state index contributed by atoms with van der Waals surface area (Å²) in [5.41, 5.74) is 0.608. The Labute approximate surface area is 105 Å². The minimum atomic E-state index is 0.0983. The van der Waals surface area contributed by atoms with Gasteiger partial charge in [-0.3, -0.25) is 0 Å². The van der Waals surface area contributed by atoms with Crippen LogP contribution in [0.3, 0.4) is 0 Å². The van der Waals surface area contributed by atoms with Gasteiger partial charge in [-0.2, -0.15) is 0 Å². The monoisotopic (exact) mass is 249 g/mol. The van der Waals surface area contributed by atoms with E-state index in [-0.39, 0.29) is 13.2 Å². The molecule has 0 fully saturated rings. The minimum absolute atomic E-state index is 0.0983. The van der Waals surface area contributed by atoms with Crippen LogP contribution >= 0.6 is 0 Å². The maximum atomic E-state index is 8.67. The summed E-state index contributed by atoms with van der Waals surface area (Å²) in [7, 11) is 0. The summed E-state index contributed by atoms with van der Waals surface area (Å²) in [6.45, 7) is 0.812. The molecular formula is C13H15NO4. The molecule has 2 rings (SSSR count). The Morgan fingerprint density at radius 2 is 2.00 bits per heavy atom. The Balaban J connectivity index is 1.87. The molecule has 0 bridgehead atoms. The molecule has 18 heavy (non-hydrogen) atoms. The third-order valence-electron chi connectivity index (χ3n) is 2.29. The van der Waals surface area contributed by atoms with E-state index in [1.54, 1.807) is 0 Å². The van der Waals surface area contributed by atoms with Gasteiger partial charge in [0, 0.05) is 13.0 Å². The van der Waals surface area contributed by atoms with Gasteiger partial charge in [0.1, 0.15) is 12.4 Å². The lowest BCUT2D eigenvalue weighted by Crippen LogP contribution is -2.03. The second kappa shape index (κ2) is 6.66. The SMILES string of the molecule is OCCCOc1conc1COc1ccccc1. The maximum Gasteiger partial charge on any atom is 0.185 e. The van der Waals surface area contributed by atoms with Crippen LogP contribution in [-0.4, -0.2) is 23.5 Å². The molecule has 5 heteroatoms. The van der Waals surface area contributed by atoms with Gasteiger partial charge in [0.05, 0.1) is 6.61 Å². The Bertz CT molecular complexity index is 455.